The molecule has 0 aromatic heterocycles. The van der Waals surface area contributed by atoms with Gasteiger partial charge in [-0.1, -0.05) is 58.2 Å². The molecule has 4 rings (SSSR count). The predicted octanol–water partition coefficient (Wildman–Crippen LogP) is 5.37. The van der Waals surface area contributed by atoms with Crippen LogP contribution in [-0.2, 0) is 14.4 Å². The molecule has 0 unspecified atom stereocenters. The number of ether oxygens (including phenoxy) is 1. The summed E-state index contributed by atoms with van der Waals surface area (Å²) >= 11 is 0. The van der Waals surface area contributed by atoms with E-state index in [2.05, 4.69) is 13.8 Å². The third-order valence-electron chi connectivity index (χ3n) is 6.68. The van der Waals surface area contributed by atoms with Crippen LogP contribution in [0.3, 0.4) is 0 Å². The van der Waals surface area contributed by atoms with E-state index < -0.39 is 12.0 Å². The molecule has 0 saturated carbocycles. The highest BCUT2D eigenvalue weighted by Crippen LogP contribution is 2.44. The summed E-state index contributed by atoms with van der Waals surface area (Å²) in [7, 11) is 0. The number of unbranched alkanes of at least 4 members (excludes halogenated alkanes) is 1. The van der Waals surface area contributed by atoms with Gasteiger partial charge < -0.3 is 4.74 Å². The van der Waals surface area contributed by atoms with Gasteiger partial charge >= 0.3 is 0 Å². The molecule has 2 heterocycles. The van der Waals surface area contributed by atoms with Gasteiger partial charge in [0.05, 0.1) is 29.9 Å². The number of fused-ring (bicyclic) bond motifs is 1. The highest BCUT2D eigenvalue weighted by atomic mass is 16.7. The van der Waals surface area contributed by atoms with E-state index >= 15 is 0 Å². The molecule has 33 heavy (non-hydrogen) atoms. The molecular weight excluding hydrogens is 416 g/mol. The standard InChI is InChI=1S/C27H34N2O4/c1-4-7-11-19(6-3)24-23-25(33-29(24)21-12-9-8-10-13-21)27(31)28(26(23)30)20-14-16-22(17-15-20)32-18-5-2/h8-10,12-17,19,23-25H,4-7,11,18H2,1-3H3/t19-,23-,24+,25+/m1/s1. The van der Waals surface area contributed by atoms with Crippen molar-refractivity contribution >= 4 is 23.2 Å². The van der Waals surface area contributed by atoms with Gasteiger partial charge in [-0.15, -0.1) is 0 Å². The number of amides is 2. The Hall–Kier alpha value is -2.86. The Labute approximate surface area is 196 Å². The van der Waals surface area contributed by atoms with Crippen LogP contribution in [0.15, 0.2) is 54.6 Å². The van der Waals surface area contributed by atoms with Gasteiger partial charge in [-0.2, -0.15) is 0 Å². The number of nitrogens with zero attached hydrogens (tertiary/aromatic N) is 2. The second kappa shape index (κ2) is 10.4. The first-order valence-electron chi connectivity index (χ1n) is 12.2. The van der Waals surface area contributed by atoms with Gasteiger partial charge in [0, 0.05) is 0 Å². The van der Waals surface area contributed by atoms with Crippen molar-refractivity contribution in [3.8, 4) is 5.75 Å². The normalized spacial score (nSPS) is 23.2. The lowest BCUT2D eigenvalue weighted by atomic mass is 9.82. The smallest absolute Gasteiger partial charge is 0.266 e. The zero-order valence-electron chi connectivity index (χ0n) is 19.8. The lowest BCUT2D eigenvalue weighted by Crippen LogP contribution is -2.44. The molecular formula is C27H34N2O4. The van der Waals surface area contributed by atoms with Crippen molar-refractivity contribution in [3.05, 3.63) is 54.6 Å². The number of benzene rings is 2. The minimum absolute atomic E-state index is 0.175. The van der Waals surface area contributed by atoms with Crippen LogP contribution in [0.4, 0.5) is 11.4 Å². The molecule has 2 amide bonds. The summed E-state index contributed by atoms with van der Waals surface area (Å²) in [6, 6.07) is 16.8. The molecule has 2 aliphatic rings. The van der Waals surface area contributed by atoms with E-state index in [1.165, 1.54) is 4.90 Å². The van der Waals surface area contributed by atoms with Crippen LogP contribution in [0.1, 0.15) is 52.9 Å². The number of imide groups is 1. The Morgan fingerprint density at radius 3 is 2.27 bits per heavy atom. The van der Waals surface area contributed by atoms with E-state index in [1.807, 2.05) is 54.5 Å². The van der Waals surface area contributed by atoms with Crippen LogP contribution in [0.2, 0.25) is 0 Å². The quantitative estimate of drug-likeness (QED) is 0.456. The maximum Gasteiger partial charge on any atom is 0.266 e. The van der Waals surface area contributed by atoms with Gasteiger partial charge in [0.15, 0.2) is 6.10 Å². The Morgan fingerprint density at radius 1 is 0.909 bits per heavy atom. The third kappa shape index (κ3) is 4.49. The predicted molar refractivity (Wildman–Crippen MR) is 129 cm³/mol. The summed E-state index contributed by atoms with van der Waals surface area (Å²) in [6.07, 6.45) is 4.22. The monoisotopic (exact) mass is 450 g/mol. The molecule has 2 aromatic carbocycles. The van der Waals surface area contributed by atoms with E-state index in [4.69, 9.17) is 9.57 Å². The average molecular weight is 451 g/mol. The average Bonchev–Trinajstić information content (AvgIpc) is 3.35. The van der Waals surface area contributed by atoms with Crippen LogP contribution >= 0.6 is 0 Å². The fourth-order valence-electron chi connectivity index (χ4n) is 4.98. The summed E-state index contributed by atoms with van der Waals surface area (Å²) in [5, 5.41) is 1.84. The van der Waals surface area contributed by atoms with Crippen LogP contribution in [0.5, 0.6) is 5.75 Å². The van der Waals surface area contributed by atoms with E-state index in [0.29, 0.717) is 12.3 Å². The first-order valence-corrected chi connectivity index (χ1v) is 12.2. The van der Waals surface area contributed by atoms with Gasteiger partial charge in [-0.05, 0) is 55.2 Å². The fraction of sp³-hybridized carbons (Fsp3) is 0.481. The lowest BCUT2D eigenvalue weighted by Gasteiger charge is -2.33. The van der Waals surface area contributed by atoms with Crippen molar-refractivity contribution in [2.45, 2.75) is 65.0 Å². The molecule has 0 bridgehead atoms. The SMILES string of the molecule is CCCC[C@@H](CC)[C@H]1[C@H]2C(=O)N(c3ccc(OCCC)cc3)C(=O)[C@H]2ON1c1ccccc1. The molecule has 2 aliphatic heterocycles. The van der Waals surface area contributed by atoms with Crippen molar-refractivity contribution in [1.82, 2.24) is 0 Å². The van der Waals surface area contributed by atoms with Crippen molar-refractivity contribution in [2.24, 2.45) is 11.8 Å². The molecule has 6 heteroatoms. The van der Waals surface area contributed by atoms with Gasteiger partial charge in [-0.3, -0.25) is 14.4 Å². The molecule has 2 fully saturated rings. The van der Waals surface area contributed by atoms with E-state index in [9.17, 15) is 9.59 Å². The molecule has 4 atom stereocenters. The fourth-order valence-corrected chi connectivity index (χ4v) is 4.98. The highest BCUT2D eigenvalue weighted by molar-refractivity contribution is 6.23. The highest BCUT2D eigenvalue weighted by Gasteiger charge is 2.61. The van der Waals surface area contributed by atoms with Gasteiger partial charge in [0.25, 0.3) is 5.91 Å². The summed E-state index contributed by atoms with van der Waals surface area (Å²) in [6.45, 7) is 7.01. The Bertz CT molecular complexity index is 946. The molecule has 176 valence electrons. The lowest BCUT2D eigenvalue weighted by molar-refractivity contribution is -0.126. The zero-order chi connectivity index (χ0) is 23.4. The molecule has 2 aromatic rings. The van der Waals surface area contributed by atoms with Crippen LogP contribution in [0, 0.1) is 11.8 Å². The first-order chi connectivity index (χ1) is 16.1. The maximum atomic E-state index is 13.7. The zero-order valence-corrected chi connectivity index (χ0v) is 19.8. The second-order valence-electron chi connectivity index (χ2n) is 8.87. The van der Waals surface area contributed by atoms with Crippen molar-refractivity contribution in [2.75, 3.05) is 16.6 Å². The largest absolute Gasteiger partial charge is 0.494 e. The molecule has 0 aliphatic carbocycles. The topological polar surface area (TPSA) is 59.1 Å². The summed E-state index contributed by atoms with van der Waals surface area (Å²) in [5.74, 6) is -0.00121. The maximum absolute atomic E-state index is 13.7. The van der Waals surface area contributed by atoms with Crippen LogP contribution < -0.4 is 14.7 Å². The van der Waals surface area contributed by atoms with Crippen LogP contribution in [-0.4, -0.2) is 30.6 Å². The first kappa shape index (κ1) is 23.3. The molecule has 0 spiro atoms. The third-order valence-corrected chi connectivity index (χ3v) is 6.68. The van der Waals surface area contributed by atoms with Crippen molar-refractivity contribution in [3.63, 3.8) is 0 Å². The second-order valence-corrected chi connectivity index (χ2v) is 8.87. The number of para-hydroxylation sites is 1. The summed E-state index contributed by atoms with van der Waals surface area (Å²) in [4.78, 5) is 34.7. The molecule has 0 N–H and O–H groups in total. The van der Waals surface area contributed by atoms with Gasteiger partial charge in [0.1, 0.15) is 5.75 Å². The van der Waals surface area contributed by atoms with Crippen molar-refractivity contribution < 1.29 is 19.2 Å². The molecule has 2 saturated heterocycles. The van der Waals surface area contributed by atoms with E-state index in [-0.39, 0.29) is 23.8 Å². The van der Waals surface area contributed by atoms with Gasteiger partial charge in [0.2, 0.25) is 5.91 Å². The Morgan fingerprint density at radius 2 is 1.64 bits per heavy atom. The summed E-state index contributed by atoms with van der Waals surface area (Å²) < 4.78 is 5.64. The minimum atomic E-state index is -0.797. The number of carbonyl (C=O) groups excluding carboxylic acids is 2. The van der Waals surface area contributed by atoms with E-state index in [1.54, 1.807) is 12.1 Å². The molecule has 6 nitrogen and oxygen atoms in total. The number of hydroxylamine groups is 1. The van der Waals surface area contributed by atoms with Crippen molar-refractivity contribution in [1.29, 1.82) is 0 Å². The Kier molecular flexibility index (Phi) is 7.33. The summed E-state index contributed by atoms with van der Waals surface area (Å²) in [5.41, 5.74) is 1.45. The number of rotatable bonds is 10. The Balaban J connectivity index is 1.64. The molecule has 0 radical (unpaired) electrons. The number of anilines is 2. The number of hydrogen-bond donors (Lipinski definition) is 0. The minimum Gasteiger partial charge on any atom is -0.494 e. The number of carbonyl (C=O) groups is 2. The number of hydrogen-bond acceptors (Lipinski definition) is 5. The van der Waals surface area contributed by atoms with Crippen LogP contribution in [0.25, 0.3) is 0 Å². The van der Waals surface area contributed by atoms with Gasteiger partial charge in [-0.25, -0.2) is 9.96 Å². The van der Waals surface area contributed by atoms with E-state index in [0.717, 1.165) is 43.5 Å².